The predicted octanol–water partition coefficient (Wildman–Crippen LogP) is 1.85. The van der Waals surface area contributed by atoms with Gasteiger partial charge in [0.05, 0.1) is 17.9 Å². The molecule has 2 aromatic heterocycles. The van der Waals surface area contributed by atoms with E-state index in [1.54, 1.807) is 12.4 Å². The number of pyridine rings is 1. The van der Waals surface area contributed by atoms with Crippen molar-refractivity contribution in [2.24, 2.45) is 0 Å². The fourth-order valence-corrected chi connectivity index (χ4v) is 1.50. The summed E-state index contributed by atoms with van der Waals surface area (Å²) in [7, 11) is 0. The van der Waals surface area contributed by atoms with Gasteiger partial charge in [-0.15, -0.1) is 0 Å². The van der Waals surface area contributed by atoms with E-state index in [1.165, 1.54) is 11.6 Å². The van der Waals surface area contributed by atoms with Crippen molar-refractivity contribution in [3.63, 3.8) is 0 Å². The number of rotatable bonds is 0. The van der Waals surface area contributed by atoms with Crippen LogP contribution in [0.25, 0.3) is 10.9 Å². The Bertz CT molecular complexity index is 477. The van der Waals surface area contributed by atoms with E-state index in [9.17, 15) is 4.79 Å². The van der Waals surface area contributed by atoms with Crippen molar-refractivity contribution in [2.45, 2.75) is 6.92 Å². The molecule has 0 atom stereocenters. The zero-order valence-corrected chi connectivity index (χ0v) is 8.45. The normalized spacial score (nSPS) is 10.6. The smallest absolute Gasteiger partial charge is 0.244 e. The maximum atomic E-state index is 11.1. The van der Waals surface area contributed by atoms with Crippen LogP contribution in [-0.4, -0.2) is 20.7 Å². The van der Waals surface area contributed by atoms with Gasteiger partial charge in [-0.05, 0) is 22.0 Å². The molecule has 0 bridgehead atoms. The van der Waals surface area contributed by atoms with Gasteiger partial charge in [-0.25, -0.2) is 4.98 Å². The topological polar surface area (TPSA) is 47.8 Å². The summed E-state index contributed by atoms with van der Waals surface area (Å²) in [6.07, 6.45) is 3.26. The van der Waals surface area contributed by atoms with Gasteiger partial charge in [0.15, 0.2) is 0 Å². The maximum absolute atomic E-state index is 11.1. The largest absolute Gasteiger partial charge is 0.273 e. The first-order valence-corrected chi connectivity index (χ1v) is 4.48. The Morgan fingerprint density at radius 2 is 2.31 bits per heavy atom. The molecule has 13 heavy (non-hydrogen) atoms. The van der Waals surface area contributed by atoms with Gasteiger partial charge in [-0.2, -0.15) is 9.78 Å². The van der Waals surface area contributed by atoms with Gasteiger partial charge in [0.2, 0.25) is 5.91 Å². The van der Waals surface area contributed by atoms with Gasteiger partial charge >= 0.3 is 0 Å². The van der Waals surface area contributed by atoms with Crippen molar-refractivity contribution in [2.75, 3.05) is 0 Å². The highest BCUT2D eigenvalue weighted by molar-refractivity contribution is 9.10. The summed E-state index contributed by atoms with van der Waals surface area (Å²) < 4.78 is 2.07. The van der Waals surface area contributed by atoms with E-state index in [-0.39, 0.29) is 5.91 Å². The first kappa shape index (κ1) is 8.37. The Labute approximate surface area is 82.7 Å². The van der Waals surface area contributed by atoms with E-state index < -0.39 is 0 Å². The van der Waals surface area contributed by atoms with Crippen LogP contribution in [0, 0.1) is 0 Å². The minimum Gasteiger partial charge on any atom is -0.273 e. The molecule has 0 saturated carbocycles. The molecule has 0 radical (unpaired) electrons. The molecule has 0 aromatic carbocycles. The third-order valence-corrected chi connectivity index (χ3v) is 2.15. The van der Waals surface area contributed by atoms with Crippen LogP contribution in [0.2, 0.25) is 0 Å². The highest BCUT2D eigenvalue weighted by atomic mass is 79.9. The van der Waals surface area contributed by atoms with Crippen LogP contribution in [0.15, 0.2) is 23.1 Å². The van der Waals surface area contributed by atoms with Gasteiger partial charge in [-0.1, -0.05) is 0 Å². The average Bonchev–Trinajstić information content (AvgIpc) is 2.46. The van der Waals surface area contributed by atoms with E-state index >= 15 is 0 Å². The standard InChI is InChI=1S/C8H6BrN3O/c1-5(13)12-7-4-10-8(9)2-6(7)3-11-12/h2-4H,1H3. The number of hydrogen-bond acceptors (Lipinski definition) is 3. The molecule has 4 nitrogen and oxygen atoms in total. The Kier molecular flexibility index (Phi) is 1.88. The number of carbonyl (C=O) groups excluding carboxylic acids is 1. The molecule has 2 heterocycles. The Morgan fingerprint density at radius 1 is 1.54 bits per heavy atom. The molecule has 0 aliphatic heterocycles. The lowest BCUT2D eigenvalue weighted by molar-refractivity contribution is 0.0926. The van der Waals surface area contributed by atoms with Gasteiger partial charge in [0, 0.05) is 12.3 Å². The zero-order chi connectivity index (χ0) is 9.42. The quantitative estimate of drug-likeness (QED) is 0.660. The van der Waals surface area contributed by atoms with Crippen LogP contribution in [0.1, 0.15) is 11.7 Å². The summed E-state index contributed by atoms with van der Waals surface area (Å²) in [5, 5.41) is 4.84. The second kappa shape index (κ2) is 2.92. The summed E-state index contributed by atoms with van der Waals surface area (Å²) in [5.41, 5.74) is 0.732. The molecule has 0 spiro atoms. The number of hydrogen-bond donors (Lipinski definition) is 0. The lowest BCUT2D eigenvalue weighted by Crippen LogP contribution is -2.06. The van der Waals surface area contributed by atoms with E-state index in [0.717, 1.165) is 15.5 Å². The molecule has 0 fully saturated rings. The van der Waals surface area contributed by atoms with Crippen molar-refractivity contribution < 1.29 is 4.79 Å². The second-order valence-corrected chi connectivity index (χ2v) is 3.45. The van der Waals surface area contributed by atoms with Gasteiger partial charge < -0.3 is 0 Å². The number of aromatic nitrogens is 3. The molecular weight excluding hydrogens is 234 g/mol. The van der Waals surface area contributed by atoms with E-state index in [4.69, 9.17) is 0 Å². The first-order chi connectivity index (χ1) is 6.18. The van der Waals surface area contributed by atoms with Crippen molar-refractivity contribution in [1.29, 1.82) is 0 Å². The number of nitrogens with zero attached hydrogens (tertiary/aromatic N) is 3. The van der Waals surface area contributed by atoms with Crippen molar-refractivity contribution >= 4 is 32.7 Å². The third kappa shape index (κ3) is 1.35. The number of carbonyl (C=O) groups is 1. The van der Waals surface area contributed by atoms with E-state index in [1.807, 2.05) is 6.07 Å². The van der Waals surface area contributed by atoms with Crippen LogP contribution in [0.3, 0.4) is 0 Å². The molecular formula is C8H6BrN3O. The highest BCUT2D eigenvalue weighted by Crippen LogP contribution is 2.16. The molecule has 0 saturated heterocycles. The summed E-state index contributed by atoms with van der Waals surface area (Å²) in [4.78, 5) is 15.1. The molecule has 0 aliphatic rings. The van der Waals surface area contributed by atoms with E-state index in [2.05, 4.69) is 26.0 Å². The third-order valence-electron chi connectivity index (χ3n) is 1.72. The maximum Gasteiger partial charge on any atom is 0.244 e. The average molecular weight is 240 g/mol. The molecule has 5 heteroatoms. The van der Waals surface area contributed by atoms with Crippen LogP contribution in [-0.2, 0) is 0 Å². The Hall–Kier alpha value is -1.23. The summed E-state index contributed by atoms with van der Waals surface area (Å²) in [6, 6.07) is 1.82. The second-order valence-electron chi connectivity index (χ2n) is 2.64. The first-order valence-electron chi connectivity index (χ1n) is 3.69. The molecule has 66 valence electrons. The summed E-state index contributed by atoms with van der Waals surface area (Å²) in [5.74, 6) is -0.112. The monoisotopic (exact) mass is 239 g/mol. The Balaban J connectivity index is 2.76. The van der Waals surface area contributed by atoms with Crippen molar-refractivity contribution in [3.8, 4) is 0 Å². The molecule has 0 aliphatic carbocycles. The van der Waals surface area contributed by atoms with Gasteiger partial charge in [0.1, 0.15) is 4.60 Å². The summed E-state index contributed by atoms with van der Waals surface area (Å²) >= 11 is 3.25. The Morgan fingerprint density at radius 3 is 3.00 bits per heavy atom. The van der Waals surface area contributed by atoms with Crippen LogP contribution in [0.4, 0.5) is 0 Å². The molecule has 0 N–H and O–H groups in total. The van der Waals surface area contributed by atoms with Gasteiger partial charge in [-0.3, -0.25) is 4.79 Å². The van der Waals surface area contributed by atoms with Gasteiger partial charge in [0.25, 0.3) is 0 Å². The lowest BCUT2D eigenvalue weighted by Gasteiger charge is -1.95. The van der Waals surface area contributed by atoms with Crippen LogP contribution in [0.5, 0.6) is 0 Å². The number of fused-ring (bicyclic) bond motifs is 1. The van der Waals surface area contributed by atoms with Crippen molar-refractivity contribution in [1.82, 2.24) is 14.8 Å². The predicted molar refractivity (Wildman–Crippen MR) is 51.5 cm³/mol. The summed E-state index contributed by atoms with van der Waals surface area (Å²) in [6.45, 7) is 1.47. The molecule has 0 amide bonds. The zero-order valence-electron chi connectivity index (χ0n) is 6.86. The fourth-order valence-electron chi connectivity index (χ4n) is 1.15. The molecule has 0 unspecified atom stereocenters. The minimum atomic E-state index is -0.112. The van der Waals surface area contributed by atoms with E-state index in [0.29, 0.717) is 0 Å². The minimum absolute atomic E-state index is 0.112. The highest BCUT2D eigenvalue weighted by Gasteiger charge is 2.06. The fraction of sp³-hybridized carbons (Fsp3) is 0.125. The SMILES string of the molecule is CC(=O)n1ncc2cc(Br)ncc21. The lowest BCUT2D eigenvalue weighted by atomic mass is 10.3. The van der Waals surface area contributed by atoms with Crippen molar-refractivity contribution in [3.05, 3.63) is 23.1 Å². The number of halogens is 1. The molecule has 2 aromatic rings. The molecule has 2 rings (SSSR count). The van der Waals surface area contributed by atoms with Crippen LogP contribution < -0.4 is 0 Å². The van der Waals surface area contributed by atoms with Crippen LogP contribution >= 0.6 is 15.9 Å².